The van der Waals surface area contributed by atoms with Crippen molar-refractivity contribution >= 4 is 11.6 Å². The number of ether oxygens (including phenoxy) is 1. The zero-order valence-electron chi connectivity index (χ0n) is 9.97. The first-order valence-electron chi connectivity index (χ1n) is 5.49. The molecule has 0 N–H and O–H groups in total. The lowest BCUT2D eigenvalue weighted by atomic mass is 10.1. The summed E-state index contributed by atoms with van der Waals surface area (Å²) in [5.41, 5.74) is 1.88. The lowest BCUT2D eigenvalue weighted by Gasteiger charge is -2.06. The molecule has 0 spiro atoms. The second-order valence-electron chi connectivity index (χ2n) is 3.90. The third-order valence-corrected chi connectivity index (χ3v) is 2.67. The number of hydrogen-bond donors (Lipinski definition) is 0. The van der Waals surface area contributed by atoms with E-state index in [9.17, 15) is 4.79 Å². The minimum Gasteiger partial charge on any atom is -0.380 e. The predicted octanol–water partition coefficient (Wildman–Crippen LogP) is 2.09. The SMILES string of the molecule is COCc1cccc(Cn2nc(Cl)ccc2=O)c1. The van der Waals surface area contributed by atoms with E-state index in [-0.39, 0.29) is 5.56 Å². The molecule has 0 amide bonds. The molecule has 0 radical (unpaired) electrons. The zero-order chi connectivity index (χ0) is 13.0. The highest BCUT2D eigenvalue weighted by atomic mass is 35.5. The summed E-state index contributed by atoms with van der Waals surface area (Å²) in [5, 5.41) is 4.29. The van der Waals surface area contributed by atoms with Crippen LogP contribution >= 0.6 is 11.6 Å². The van der Waals surface area contributed by atoms with Crippen molar-refractivity contribution in [3.63, 3.8) is 0 Å². The molecule has 0 saturated heterocycles. The topological polar surface area (TPSA) is 44.1 Å². The van der Waals surface area contributed by atoms with E-state index in [0.29, 0.717) is 18.3 Å². The van der Waals surface area contributed by atoms with Crippen LogP contribution in [0.15, 0.2) is 41.2 Å². The molecule has 0 saturated carbocycles. The Morgan fingerprint density at radius 2 is 2.06 bits per heavy atom. The molecule has 0 fully saturated rings. The molecule has 0 unspecified atom stereocenters. The number of benzene rings is 1. The van der Waals surface area contributed by atoms with Crippen molar-refractivity contribution in [3.8, 4) is 0 Å². The molecule has 0 aliphatic carbocycles. The maximum atomic E-state index is 11.6. The van der Waals surface area contributed by atoms with Gasteiger partial charge in [-0.3, -0.25) is 4.79 Å². The summed E-state index contributed by atoms with van der Waals surface area (Å²) in [5.74, 6) is 0. The molecular formula is C13H13ClN2O2. The van der Waals surface area contributed by atoms with E-state index in [1.165, 1.54) is 16.8 Å². The first kappa shape index (κ1) is 12.8. The third kappa shape index (κ3) is 3.18. The highest BCUT2D eigenvalue weighted by Crippen LogP contribution is 2.07. The van der Waals surface area contributed by atoms with Crippen LogP contribution in [-0.2, 0) is 17.9 Å². The first-order chi connectivity index (χ1) is 8.69. The highest BCUT2D eigenvalue weighted by molar-refractivity contribution is 6.29. The summed E-state index contributed by atoms with van der Waals surface area (Å²) in [6, 6.07) is 10.7. The number of halogens is 1. The van der Waals surface area contributed by atoms with Gasteiger partial charge in [0.25, 0.3) is 5.56 Å². The molecular weight excluding hydrogens is 252 g/mol. The fourth-order valence-corrected chi connectivity index (χ4v) is 1.85. The highest BCUT2D eigenvalue weighted by Gasteiger charge is 2.01. The molecule has 1 aromatic heterocycles. The van der Waals surface area contributed by atoms with Crippen molar-refractivity contribution in [2.24, 2.45) is 0 Å². The van der Waals surface area contributed by atoms with E-state index in [4.69, 9.17) is 16.3 Å². The predicted molar refractivity (Wildman–Crippen MR) is 69.8 cm³/mol. The van der Waals surface area contributed by atoms with Crippen LogP contribution in [-0.4, -0.2) is 16.9 Å². The normalized spacial score (nSPS) is 10.6. The fraction of sp³-hybridized carbons (Fsp3) is 0.231. The Kier molecular flexibility index (Phi) is 4.12. The summed E-state index contributed by atoms with van der Waals surface area (Å²) in [6.07, 6.45) is 0. The van der Waals surface area contributed by atoms with Gasteiger partial charge in [0.05, 0.1) is 13.2 Å². The van der Waals surface area contributed by atoms with Crippen molar-refractivity contribution in [1.29, 1.82) is 0 Å². The van der Waals surface area contributed by atoms with Gasteiger partial charge in [-0.25, -0.2) is 4.68 Å². The van der Waals surface area contributed by atoms with Gasteiger partial charge in [0.15, 0.2) is 0 Å². The van der Waals surface area contributed by atoms with E-state index < -0.39 is 0 Å². The van der Waals surface area contributed by atoms with Gasteiger partial charge in [-0.05, 0) is 17.2 Å². The molecule has 0 atom stereocenters. The Balaban J connectivity index is 2.25. The molecule has 18 heavy (non-hydrogen) atoms. The first-order valence-corrected chi connectivity index (χ1v) is 5.87. The Morgan fingerprint density at radius 3 is 2.83 bits per heavy atom. The van der Waals surface area contributed by atoms with Gasteiger partial charge in [-0.2, -0.15) is 5.10 Å². The second-order valence-corrected chi connectivity index (χ2v) is 4.29. The minimum absolute atomic E-state index is 0.170. The average molecular weight is 265 g/mol. The molecule has 0 aliphatic rings. The van der Waals surface area contributed by atoms with Crippen LogP contribution in [0, 0.1) is 0 Å². The Labute approximate surface area is 110 Å². The molecule has 1 aromatic carbocycles. The van der Waals surface area contributed by atoms with Crippen LogP contribution in [0.2, 0.25) is 5.15 Å². The maximum absolute atomic E-state index is 11.6. The van der Waals surface area contributed by atoms with Gasteiger partial charge in [0.2, 0.25) is 0 Å². The maximum Gasteiger partial charge on any atom is 0.267 e. The lowest BCUT2D eigenvalue weighted by Crippen LogP contribution is -2.22. The van der Waals surface area contributed by atoms with Gasteiger partial charge < -0.3 is 4.74 Å². The van der Waals surface area contributed by atoms with Crippen LogP contribution in [0.3, 0.4) is 0 Å². The van der Waals surface area contributed by atoms with Crippen LogP contribution in [0.4, 0.5) is 0 Å². The largest absolute Gasteiger partial charge is 0.380 e. The van der Waals surface area contributed by atoms with Gasteiger partial charge in [0.1, 0.15) is 5.15 Å². The van der Waals surface area contributed by atoms with E-state index in [2.05, 4.69) is 5.10 Å². The van der Waals surface area contributed by atoms with Crippen LogP contribution in [0.25, 0.3) is 0 Å². The van der Waals surface area contributed by atoms with Crippen molar-refractivity contribution in [3.05, 3.63) is 63.0 Å². The molecule has 1 heterocycles. The molecule has 5 heteroatoms. The van der Waals surface area contributed by atoms with Crippen LogP contribution in [0.1, 0.15) is 11.1 Å². The van der Waals surface area contributed by atoms with Crippen molar-refractivity contribution in [2.75, 3.05) is 7.11 Å². The van der Waals surface area contributed by atoms with E-state index in [1.807, 2.05) is 24.3 Å². The van der Waals surface area contributed by atoms with Gasteiger partial charge in [-0.15, -0.1) is 0 Å². The summed E-state index contributed by atoms with van der Waals surface area (Å²) in [4.78, 5) is 11.6. The molecule has 2 aromatic rings. The fourth-order valence-electron chi connectivity index (χ4n) is 1.69. The number of rotatable bonds is 4. The van der Waals surface area contributed by atoms with E-state index >= 15 is 0 Å². The molecule has 0 aliphatic heterocycles. The lowest BCUT2D eigenvalue weighted by molar-refractivity contribution is 0.185. The summed E-state index contributed by atoms with van der Waals surface area (Å²) in [7, 11) is 1.65. The molecule has 4 nitrogen and oxygen atoms in total. The average Bonchev–Trinajstić information content (AvgIpc) is 2.35. The Morgan fingerprint density at radius 1 is 1.28 bits per heavy atom. The monoisotopic (exact) mass is 264 g/mol. The number of aromatic nitrogens is 2. The zero-order valence-corrected chi connectivity index (χ0v) is 10.7. The minimum atomic E-state index is -0.170. The van der Waals surface area contributed by atoms with Crippen LogP contribution < -0.4 is 5.56 Å². The molecule has 94 valence electrons. The number of hydrogen-bond acceptors (Lipinski definition) is 3. The van der Waals surface area contributed by atoms with Crippen molar-refractivity contribution in [2.45, 2.75) is 13.2 Å². The van der Waals surface area contributed by atoms with Gasteiger partial charge >= 0.3 is 0 Å². The summed E-state index contributed by atoms with van der Waals surface area (Å²) >= 11 is 5.77. The van der Waals surface area contributed by atoms with Crippen molar-refractivity contribution in [1.82, 2.24) is 9.78 Å². The number of methoxy groups -OCH3 is 1. The Hall–Kier alpha value is -1.65. The summed E-state index contributed by atoms with van der Waals surface area (Å²) < 4.78 is 6.41. The van der Waals surface area contributed by atoms with Crippen molar-refractivity contribution < 1.29 is 4.74 Å². The standard InChI is InChI=1S/C13H13ClN2O2/c1-18-9-11-4-2-3-10(7-11)8-16-13(17)6-5-12(14)15-16/h2-7H,8-9H2,1H3. The van der Waals surface area contributed by atoms with E-state index in [1.54, 1.807) is 7.11 Å². The third-order valence-electron chi connectivity index (χ3n) is 2.47. The van der Waals surface area contributed by atoms with Gasteiger partial charge in [0, 0.05) is 13.2 Å². The summed E-state index contributed by atoms with van der Waals surface area (Å²) in [6.45, 7) is 0.947. The van der Waals surface area contributed by atoms with E-state index in [0.717, 1.165) is 11.1 Å². The Bertz CT molecular complexity index is 596. The van der Waals surface area contributed by atoms with Crippen LogP contribution in [0.5, 0.6) is 0 Å². The van der Waals surface area contributed by atoms with Gasteiger partial charge in [-0.1, -0.05) is 35.9 Å². The number of nitrogens with zero attached hydrogens (tertiary/aromatic N) is 2. The smallest absolute Gasteiger partial charge is 0.267 e. The second kappa shape index (κ2) is 5.80. The quantitative estimate of drug-likeness (QED) is 0.849. The molecule has 0 bridgehead atoms. The molecule has 2 rings (SSSR count).